The number of phosphoric acid groups is 1. The van der Waals surface area contributed by atoms with E-state index in [2.05, 4.69) is 86.8 Å². The van der Waals surface area contributed by atoms with Crippen molar-refractivity contribution in [2.45, 2.75) is 463 Å². The topological polar surface area (TPSA) is 134 Å². The SMILES string of the molecule is CC/C=C\C/C=C\C/C=C\C/C=C\C/C=C\C/C=C\CCCCCCCCCCCCCCCCCCCCCCC(=O)OC(COC(=O)CCCCCCCCCCCCCCCCCCCCCCCCCCCCCCCCCCCCCCCCCC)COP(=O)(O)OCCN. The average Bonchev–Trinajstić information content (AvgIpc) is 1.01. The van der Waals surface area contributed by atoms with E-state index >= 15 is 0 Å². The number of nitrogens with two attached hydrogens (primary N) is 1. The molecule has 3 N–H and O–H groups in total. The lowest BCUT2D eigenvalue weighted by Gasteiger charge is -2.19. The normalized spacial score (nSPS) is 13.1. The number of esters is 2. The fraction of sp³-hybridized carbons (Fsp3) is 0.844. The van der Waals surface area contributed by atoms with Gasteiger partial charge in [-0.3, -0.25) is 18.6 Å². The highest BCUT2D eigenvalue weighted by Gasteiger charge is 2.26. The second kappa shape index (κ2) is 85.4. The number of carbonyl (C=O) groups is 2. The van der Waals surface area contributed by atoms with Crippen LogP contribution in [-0.2, 0) is 32.7 Å². The zero-order chi connectivity index (χ0) is 72.2. The molecule has 10 heteroatoms. The van der Waals surface area contributed by atoms with Crippen LogP contribution in [-0.4, -0.2) is 49.3 Å². The van der Waals surface area contributed by atoms with Crippen LogP contribution in [0, 0.1) is 0 Å². The number of ether oxygens (including phenoxy) is 2. The fourth-order valence-corrected chi connectivity index (χ4v) is 14.2. The van der Waals surface area contributed by atoms with Gasteiger partial charge in [-0.1, -0.05) is 453 Å². The molecule has 2 unspecified atom stereocenters. The third-order valence-electron chi connectivity index (χ3n) is 19.9. The summed E-state index contributed by atoms with van der Waals surface area (Å²) in [6.45, 7) is 3.71. The summed E-state index contributed by atoms with van der Waals surface area (Å²) in [5.41, 5.74) is 5.42. The molecule has 0 aromatic carbocycles. The van der Waals surface area contributed by atoms with E-state index in [-0.39, 0.29) is 38.6 Å². The Balaban J connectivity index is 3.72. The molecule has 0 fully saturated rings. The van der Waals surface area contributed by atoms with Crippen LogP contribution in [0.4, 0.5) is 0 Å². The number of phosphoric ester groups is 1. The summed E-state index contributed by atoms with van der Waals surface area (Å²) in [6.07, 6.45) is 115. The van der Waals surface area contributed by atoms with Crippen molar-refractivity contribution in [3.05, 3.63) is 72.9 Å². The highest BCUT2D eigenvalue weighted by molar-refractivity contribution is 7.47. The van der Waals surface area contributed by atoms with Gasteiger partial charge < -0.3 is 20.1 Å². The van der Waals surface area contributed by atoms with Crippen molar-refractivity contribution in [3.8, 4) is 0 Å². The molecule has 100 heavy (non-hydrogen) atoms. The van der Waals surface area contributed by atoms with E-state index in [9.17, 15) is 19.0 Å². The highest BCUT2D eigenvalue weighted by Crippen LogP contribution is 2.43. The molecular formula is C90H168NO8P. The Morgan fingerprint density at radius 2 is 0.550 bits per heavy atom. The van der Waals surface area contributed by atoms with E-state index in [1.807, 2.05) is 0 Å². The lowest BCUT2D eigenvalue weighted by atomic mass is 10.0. The van der Waals surface area contributed by atoms with E-state index in [1.54, 1.807) is 0 Å². The first kappa shape index (κ1) is 97.4. The maximum Gasteiger partial charge on any atom is 0.472 e. The summed E-state index contributed by atoms with van der Waals surface area (Å²) >= 11 is 0. The molecule has 0 saturated carbocycles. The highest BCUT2D eigenvalue weighted by atomic mass is 31.2. The predicted molar refractivity (Wildman–Crippen MR) is 436 cm³/mol. The Hall–Kier alpha value is -2.55. The molecule has 0 bridgehead atoms. The van der Waals surface area contributed by atoms with Crippen molar-refractivity contribution in [3.63, 3.8) is 0 Å². The first-order chi connectivity index (χ1) is 49.3. The van der Waals surface area contributed by atoms with Crippen molar-refractivity contribution >= 4 is 19.8 Å². The van der Waals surface area contributed by atoms with Crippen LogP contribution in [0.3, 0.4) is 0 Å². The minimum absolute atomic E-state index is 0.0551. The van der Waals surface area contributed by atoms with Crippen molar-refractivity contribution in [1.82, 2.24) is 0 Å². The minimum atomic E-state index is -4.40. The standard InChI is InChI=1S/C90H168NO8P/c1-3-5-7-9-11-13-15-17-19-21-23-25-27-29-31-33-35-37-39-41-43-45-46-48-50-52-54-56-58-60-62-64-66-68-70-72-74-76-78-80-82-89(92)96-86-88(87-98-100(94,95)97-85-84-91)99-90(93)83-81-79-77-75-73-71-69-67-65-63-61-59-57-55-53-51-49-47-44-42-40-38-36-34-32-30-28-26-24-22-20-18-16-14-12-10-8-6-4-2/h6,8,12,14,18,20,24,26,30,32,36,38,88H,3-5,7,9-11,13,15-17,19,21-23,25,27-29,31,33-35,37,39-87,91H2,1-2H3,(H,94,95)/b8-6-,14-12-,20-18-,26-24-,32-30-,38-36-. The maximum absolute atomic E-state index is 12.8. The molecule has 0 radical (unpaired) electrons. The summed E-state index contributed by atoms with van der Waals surface area (Å²) in [7, 11) is -4.40. The van der Waals surface area contributed by atoms with Gasteiger partial charge in [0.05, 0.1) is 13.2 Å². The number of allylic oxidation sites excluding steroid dienone is 12. The number of carbonyl (C=O) groups excluding carboxylic acids is 2. The molecule has 0 aliphatic rings. The number of unbranched alkanes of at least 4 members (excludes halogenated alkanes) is 59. The maximum atomic E-state index is 12.8. The third kappa shape index (κ3) is 84.4. The molecule has 0 spiro atoms. The molecule has 0 aromatic rings. The van der Waals surface area contributed by atoms with E-state index in [1.165, 1.54) is 353 Å². The van der Waals surface area contributed by atoms with Gasteiger partial charge in [0.2, 0.25) is 0 Å². The van der Waals surface area contributed by atoms with Crippen LogP contribution in [0.2, 0.25) is 0 Å². The fourth-order valence-electron chi connectivity index (χ4n) is 13.4. The lowest BCUT2D eigenvalue weighted by Crippen LogP contribution is -2.29. The molecule has 0 aliphatic heterocycles. The van der Waals surface area contributed by atoms with E-state index in [0.29, 0.717) is 6.42 Å². The van der Waals surface area contributed by atoms with Gasteiger partial charge in [0.1, 0.15) is 6.61 Å². The lowest BCUT2D eigenvalue weighted by molar-refractivity contribution is -0.161. The Morgan fingerprint density at radius 1 is 0.310 bits per heavy atom. The molecule has 0 saturated heterocycles. The van der Waals surface area contributed by atoms with Gasteiger partial charge in [-0.2, -0.15) is 0 Å². The summed E-state index contributed by atoms with van der Waals surface area (Å²) in [6, 6.07) is 0. The third-order valence-corrected chi connectivity index (χ3v) is 20.8. The van der Waals surface area contributed by atoms with Crippen LogP contribution < -0.4 is 5.73 Å². The molecule has 0 rings (SSSR count). The van der Waals surface area contributed by atoms with Crippen LogP contribution in [0.5, 0.6) is 0 Å². The van der Waals surface area contributed by atoms with Gasteiger partial charge >= 0.3 is 19.8 Å². The van der Waals surface area contributed by atoms with E-state index in [0.717, 1.165) is 70.6 Å². The van der Waals surface area contributed by atoms with Gasteiger partial charge in [-0.25, -0.2) is 4.57 Å². The minimum Gasteiger partial charge on any atom is -0.462 e. The second-order valence-electron chi connectivity index (χ2n) is 29.7. The molecular weight excluding hydrogens is 1250 g/mol. The summed E-state index contributed by atoms with van der Waals surface area (Å²) in [4.78, 5) is 35.5. The smallest absolute Gasteiger partial charge is 0.462 e. The number of hydrogen-bond acceptors (Lipinski definition) is 8. The Morgan fingerprint density at radius 3 is 0.820 bits per heavy atom. The predicted octanol–water partition coefficient (Wildman–Crippen LogP) is 29.8. The molecule has 586 valence electrons. The van der Waals surface area contributed by atoms with Gasteiger partial charge in [0, 0.05) is 19.4 Å². The Kier molecular flexibility index (Phi) is 83.2. The zero-order valence-electron chi connectivity index (χ0n) is 66.5. The Labute approximate surface area is 622 Å². The summed E-state index contributed by atoms with van der Waals surface area (Å²) in [5, 5.41) is 0. The van der Waals surface area contributed by atoms with Gasteiger partial charge in [0.15, 0.2) is 6.10 Å². The zero-order valence-corrected chi connectivity index (χ0v) is 67.3. The van der Waals surface area contributed by atoms with Gasteiger partial charge in [-0.15, -0.1) is 0 Å². The molecule has 0 amide bonds. The monoisotopic (exact) mass is 1420 g/mol. The van der Waals surface area contributed by atoms with Crippen molar-refractivity contribution in [2.24, 2.45) is 5.73 Å². The molecule has 9 nitrogen and oxygen atoms in total. The first-order valence-corrected chi connectivity index (χ1v) is 45.4. The van der Waals surface area contributed by atoms with Crippen molar-refractivity contribution in [2.75, 3.05) is 26.4 Å². The number of hydrogen-bond donors (Lipinski definition) is 2. The van der Waals surface area contributed by atoms with E-state index < -0.39 is 26.5 Å². The largest absolute Gasteiger partial charge is 0.472 e. The summed E-state index contributed by atoms with van der Waals surface area (Å²) < 4.78 is 33.3. The second-order valence-corrected chi connectivity index (χ2v) is 31.2. The summed E-state index contributed by atoms with van der Waals surface area (Å²) in [5.74, 6) is -0.802. The molecule has 0 aliphatic carbocycles. The average molecular weight is 1420 g/mol. The van der Waals surface area contributed by atoms with Crippen LogP contribution >= 0.6 is 7.82 Å². The van der Waals surface area contributed by atoms with Crippen LogP contribution in [0.15, 0.2) is 72.9 Å². The number of rotatable bonds is 84. The van der Waals surface area contributed by atoms with Crippen LogP contribution in [0.1, 0.15) is 457 Å². The quantitative estimate of drug-likeness (QED) is 0.0264. The van der Waals surface area contributed by atoms with Gasteiger partial charge in [0.25, 0.3) is 0 Å². The van der Waals surface area contributed by atoms with Crippen molar-refractivity contribution < 1.29 is 37.6 Å². The molecule has 0 heterocycles. The molecule has 2 atom stereocenters. The molecule has 0 aromatic heterocycles. The first-order valence-electron chi connectivity index (χ1n) is 43.9. The van der Waals surface area contributed by atoms with Crippen LogP contribution in [0.25, 0.3) is 0 Å². The van der Waals surface area contributed by atoms with Crippen molar-refractivity contribution in [1.29, 1.82) is 0 Å². The Bertz CT molecular complexity index is 1880. The van der Waals surface area contributed by atoms with Gasteiger partial charge in [-0.05, 0) is 64.2 Å². The van der Waals surface area contributed by atoms with E-state index in [4.69, 9.17) is 24.3 Å².